The fraction of sp³-hybridized carbons (Fsp3) is 0.647. The highest BCUT2D eigenvalue weighted by atomic mass is 16.3. The summed E-state index contributed by atoms with van der Waals surface area (Å²) in [6.07, 6.45) is 2.39. The summed E-state index contributed by atoms with van der Waals surface area (Å²) in [7, 11) is 4.10. The van der Waals surface area contributed by atoms with Gasteiger partial charge in [0.05, 0.1) is 32.7 Å². The van der Waals surface area contributed by atoms with E-state index in [9.17, 15) is 9.59 Å². The smallest absolute Gasteiger partial charge is 0.257 e. The predicted molar refractivity (Wildman–Crippen MR) is 87.5 cm³/mol. The number of aryl methyl sites for hydroxylation is 2. The molecule has 0 saturated heterocycles. The van der Waals surface area contributed by atoms with Crippen LogP contribution in [-0.4, -0.2) is 56.5 Å². The number of likely N-dealkylation sites (N-methyl/N-ethyl adjacent to an activating group) is 1. The van der Waals surface area contributed by atoms with Gasteiger partial charge in [0.25, 0.3) is 5.91 Å². The van der Waals surface area contributed by atoms with Crippen molar-refractivity contribution >= 4 is 11.8 Å². The zero-order valence-electron chi connectivity index (χ0n) is 14.6. The van der Waals surface area contributed by atoms with Gasteiger partial charge in [0.1, 0.15) is 11.5 Å². The standard InChI is InChI=1S/C17H27N3O3/c1-12-11-15(13(2)23-12)17(22)20(14-5-6-14)9-7-16(21)18-8-10-19(3)4/h11,14H,5-10H2,1-4H3,(H,18,21)/p+1. The van der Waals surface area contributed by atoms with Gasteiger partial charge >= 0.3 is 0 Å². The maximum atomic E-state index is 12.7. The van der Waals surface area contributed by atoms with E-state index >= 15 is 0 Å². The number of quaternary nitrogens is 1. The van der Waals surface area contributed by atoms with E-state index in [1.807, 2.05) is 18.7 Å². The molecule has 0 aromatic carbocycles. The van der Waals surface area contributed by atoms with Gasteiger partial charge in [-0.25, -0.2) is 0 Å². The first-order valence-electron chi connectivity index (χ1n) is 8.32. The summed E-state index contributed by atoms with van der Waals surface area (Å²) in [4.78, 5) is 27.8. The van der Waals surface area contributed by atoms with Gasteiger partial charge in [0.15, 0.2) is 0 Å². The van der Waals surface area contributed by atoms with Gasteiger partial charge in [0, 0.05) is 19.0 Å². The molecule has 6 nitrogen and oxygen atoms in total. The molecule has 1 aliphatic carbocycles. The molecular formula is C17H28N3O3+. The van der Waals surface area contributed by atoms with Crippen LogP contribution in [0.1, 0.15) is 41.1 Å². The number of hydrogen-bond acceptors (Lipinski definition) is 3. The number of amides is 2. The molecule has 1 saturated carbocycles. The summed E-state index contributed by atoms with van der Waals surface area (Å²) in [6.45, 7) is 5.67. The van der Waals surface area contributed by atoms with Gasteiger partial charge in [-0.1, -0.05) is 0 Å². The molecule has 0 aliphatic heterocycles. The zero-order valence-corrected chi connectivity index (χ0v) is 14.6. The fourth-order valence-electron chi connectivity index (χ4n) is 2.60. The monoisotopic (exact) mass is 322 g/mol. The molecule has 1 heterocycles. The third-order valence-corrected chi connectivity index (χ3v) is 4.05. The van der Waals surface area contributed by atoms with E-state index < -0.39 is 0 Å². The maximum absolute atomic E-state index is 12.7. The molecular weight excluding hydrogens is 294 g/mol. The molecule has 6 heteroatoms. The summed E-state index contributed by atoms with van der Waals surface area (Å²) in [6, 6.07) is 2.06. The van der Waals surface area contributed by atoms with Gasteiger partial charge in [-0.05, 0) is 32.8 Å². The van der Waals surface area contributed by atoms with E-state index in [-0.39, 0.29) is 17.9 Å². The molecule has 1 aromatic heterocycles. The molecule has 1 aliphatic rings. The zero-order chi connectivity index (χ0) is 17.0. The molecule has 23 heavy (non-hydrogen) atoms. The second kappa shape index (κ2) is 7.64. The Hall–Kier alpha value is -1.82. The summed E-state index contributed by atoms with van der Waals surface area (Å²) in [5.74, 6) is 1.37. The van der Waals surface area contributed by atoms with Crippen LogP contribution in [0.3, 0.4) is 0 Å². The van der Waals surface area contributed by atoms with Crippen LogP contribution in [0.5, 0.6) is 0 Å². The summed E-state index contributed by atoms with van der Waals surface area (Å²) >= 11 is 0. The number of nitrogens with one attached hydrogen (secondary N) is 2. The van der Waals surface area contributed by atoms with Crippen LogP contribution in [-0.2, 0) is 4.79 Å². The lowest BCUT2D eigenvalue weighted by atomic mass is 10.2. The minimum atomic E-state index is -0.0209. The number of furan rings is 1. The first-order chi connectivity index (χ1) is 10.9. The Bertz CT molecular complexity index is 561. The van der Waals surface area contributed by atoms with Gasteiger partial charge in [-0.15, -0.1) is 0 Å². The number of rotatable bonds is 8. The van der Waals surface area contributed by atoms with E-state index in [1.54, 1.807) is 6.07 Å². The topological polar surface area (TPSA) is 67.0 Å². The van der Waals surface area contributed by atoms with Crippen molar-refractivity contribution in [3.05, 3.63) is 23.2 Å². The van der Waals surface area contributed by atoms with Crippen molar-refractivity contribution in [2.24, 2.45) is 0 Å². The first-order valence-corrected chi connectivity index (χ1v) is 8.32. The van der Waals surface area contributed by atoms with E-state index in [4.69, 9.17) is 4.42 Å². The Morgan fingerprint density at radius 3 is 2.57 bits per heavy atom. The lowest BCUT2D eigenvalue weighted by Gasteiger charge is -2.22. The second-order valence-electron chi connectivity index (χ2n) is 6.61. The minimum Gasteiger partial charge on any atom is -0.466 e. The quantitative estimate of drug-likeness (QED) is 0.716. The second-order valence-corrected chi connectivity index (χ2v) is 6.61. The average Bonchev–Trinajstić information content (AvgIpc) is 3.23. The number of carbonyl (C=O) groups is 2. The van der Waals surface area contributed by atoms with Crippen molar-refractivity contribution in [1.29, 1.82) is 0 Å². The van der Waals surface area contributed by atoms with Crippen molar-refractivity contribution in [1.82, 2.24) is 10.2 Å². The number of carbonyl (C=O) groups excluding carboxylic acids is 2. The van der Waals surface area contributed by atoms with Crippen molar-refractivity contribution in [3.63, 3.8) is 0 Å². The van der Waals surface area contributed by atoms with Crippen LogP contribution in [0, 0.1) is 13.8 Å². The van der Waals surface area contributed by atoms with E-state index in [1.165, 1.54) is 4.90 Å². The molecule has 2 rings (SSSR count). The van der Waals surface area contributed by atoms with Crippen molar-refractivity contribution in [2.45, 2.75) is 39.2 Å². The summed E-state index contributed by atoms with van der Waals surface area (Å²) in [5.41, 5.74) is 0.617. The van der Waals surface area contributed by atoms with Gasteiger partial charge in [-0.3, -0.25) is 9.59 Å². The Labute approximate surface area is 137 Å². The first kappa shape index (κ1) is 17.5. The molecule has 0 spiro atoms. The molecule has 0 atom stereocenters. The third kappa shape index (κ3) is 5.10. The summed E-state index contributed by atoms with van der Waals surface area (Å²) in [5, 5.41) is 2.91. The Morgan fingerprint density at radius 2 is 2.04 bits per heavy atom. The van der Waals surface area contributed by atoms with Crippen LogP contribution in [0.25, 0.3) is 0 Å². The fourth-order valence-corrected chi connectivity index (χ4v) is 2.60. The maximum Gasteiger partial charge on any atom is 0.257 e. The lowest BCUT2D eigenvalue weighted by Crippen LogP contribution is -3.06. The molecule has 128 valence electrons. The van der Waals surface area contributed by atoms with Gasteiger partial charge in [0.2, 0.25) is 5.91 Å². The van der Waals surface area contributed by atoms with E-state index in [0.29, 0.717) is 30.8 Å². The molecule has 1 aromatic rings. The van der Waals surface area contributed by atoms with E-state index in [2.05, 4.69) is 19.4 Å². The Morgan fingerprint density at radius 1 is 1.35 bits per heavy atom. The average molecular weight is 322 g/mol. The SMILES string of the molecule is Cc1cc(C(=O)N(CCC(=O)NCC[NH+](C)C)C2CC2)c(C)o1. The van der Waals surface area contributed by atoms with Crippen molar-refractivity contribution < 1.29 is 18.9 Å². The van der Waals surface area contributed by atoms with Crippen LogP contribution in [0.4, 0.5) is 0 Å². The Balaban J connectivity index is 1.88. The third-order valence-electron chi connectivity index (χ3n) is 4.05. The summed E-state index contributed by atoms with van der Waals surface area (Å²) < 4.78 is 5.46. The van der Waals surface area contributed by atoms with Crippen LogP contribution in [0.15, 0.2) is 10.5 Å². The lowest BCUT2D eigenvalue weighted by molar-refractivity contribution is -0.856. The molecule has 0 unspecified atom stereocenters. The van der Waals surface area contributed by atoms with Gasteiger partial charge in [-0.2, -0.15) is 0 Å². The normalized spacial score (nSPS) is 14.1. The van der Waals surface area contributed by atoms with Crippen molar-refractivity contribution in [3.8, 4) is 0 Å². The number of nitrogens with zero attached hydrogens (tertiary/aromatic N) is 1. The van der Waals surface area contributed by atoms with Crippen LogP contribution < -0.4 is 10.2 Å². The molecule has 1 fully saturated rings. The van der Waals surface area contributed by atoms with Crippen LogP contribution in [0.2, 0.25) is 0 Å². The predicted octanol–water partition coefficient (Wildman–Crippen LogP) is 0.152. The van der Waals surface area contributed by atoms with Crippen molar-refractivity contribution in [2.75, 3.05) is 33.7 Å². The number of hydrogen-bond donors (Lipinski definition) is 2. The minimum absolute atomic E-state index is 0.00444. The van der Waals surface area contributed by atoms with E-state index in [0.717, 1.165) is 25.1 Å². The highest BCUT2D eigenvalue weighted by Gasteiger charge is 2.34. The molecule has 2 amide bonds. The largest absolute Gasteiger partial charge is 0.466 e. The van der Waals surface area contributed by atoms with Gasteiger partial charge < -0.3 is 19.5 Å². The highest BCUT2D eigenvalue weighted by molar-refractivity contribution is 5.96. The molecule has 0 bridgehead atoms. The molecule has 2 N–H and O–H groups in total. The highest BCUT2D eigenvalue weighted by Crippen LogP contribution is 2.29. The van der Waals surface area contributed by atoms with Crippen LogP contribution >= 0.6 is 0 Å². The Kier molecular flexibility index (Phi) is 5.82. The molecule has 0 radical (unpaired) electrons.